The second-order valence-corrected chi connectivity index (χ2v) is 5.47. The Kier molecular flexibility index (Phi) is 7.28. The molecule has 0 bridgehead atoms. The van der Waals surface area contributed by atoms with Gasteiger partial charge in [-0.25, -0.2) is 4.98 Å². The number of unbranched alkanes of at least 4 members (excludes halogenated alkanes) is 1. The van der Waals surface area contributed by atoms with Crippen LogP contribution >= 0.6 is 15.9 Å². The maximum absolute atomic E-state index is 5.82. The van der Waals surface area contributed by atoms with Gasteiger partial charge in [-0.3, -0.25) is 0 Å². The first kappa shape index (κ1) is 15.4. The van der Waals surface area contributed by atoms with Gasteiger partial charge >= 0.3 is 0 Å². The Bertz CT molecular complexity index is 358. The third-order valence-corrected chi connectivity index (χ3v) is 3.54. The predicted octanol–water partition coefficient (Wildman–Crippen LogP) is 3.90. The zero-order valence-corrected chi connectivity index (χ0v) is 12.9. The van der Waals surface area contributed by atoms with Crippen LogP contribution in [0.5, 0.6) is 5.88 Å². The van der Waals surface area contributed by atoms with Crippen LogP contribution in [0.25, 0.3) is 0 Å². The van der Waals surface area contributed by atoms with Gasteiger partial charge in [-0.1, -0.05) is 33.1 Å². The smallest absolute Gasteiger partial charge is 0.217 e. The largest absolute Gasteiger partial charge is 0.477 e. The molecule has 0 aromatic carbocycles. The van der Waals surface area contributed by atoms with E-state index in [1.54, 1.807) is 6.20 Å². The van der Waals surface area contributed by atoms with Gasteiger partial charge in [0.1, 0.15) is 0 Å². The minimum absolute atomic E-state index is 0.452. The molecule has 1 aromatic rings. The van der Waals surface area contributed by atoms with Crippen LogP contribution in [-0.2, 0) is 6.54 Å². The van der Waals surface area contributed by atoms with Crippen LogP contribution in [0.4, 0.5) is 0 Å². The molecule has 1 atom stereocenters. The lowest BCUT2D eigenvalue weighted by atomic mass is 10.0. The molecular weight excluding hydrogens is 292 g/mol. The van der Waals surface area contributed by atoms with Crippen molar-refractivity contribution >= 4 is 15.9 Å². The van der Waals surface area contributed by atoms with Gasteiger partial charge in [0.25, 0.3) is 0 Å². The van der Waals surface area contributed by atoms with Crippen molar-refractivity contribution in [3.05, 3.63) is 22.3 Å². The fourth-order valence-electron chi connectivity index (χ4n) is 1.84. The van der Waals surface area contributed by atoms with Crippen LogP contribution in [0.15, 0.2) is 16.7 Å². The molecule has 2 N–H and O–H groups in total. The topological polar surface area (TPSA) is 48.1 Å². The van der Waals surface area contributed by atoms with Crippen molar-refractivity contribution in [1.82, 2.24) is 4.98 Å². The van der Waals surface area contributed by atoms with Crippen molar-refractivity contribution in [3.63, 3.8) is 0 Å². The second kappa shape index (κ2) is 8.48. The number of aromatic nitrogens is 1. The standard InChI is InChI=1S/C14H23BrN2O/c1-3-5-6-11(4-2)10-18-14-12(8-16)7-13(15)9-17-14/h7,9,11H,3-6,8,10,16H2,1-2H3. The fourth-order valence-corrected chi connectivity index (χ4v) is 2.22. The minimum Gasteiger partial charge on any atom is -0.477 e. The van der Waals surface area contributed by atoms with Crippen LogP contribution in [0, 0.1) is 5.92 Å². The zero-order valence-electron chi connectivity index (χ0n) is 11.3. The highest BCUT2D eigenvalue weighted by molar-refractivity contribution is 9.10. The summed E-state index contributed by atoms with van der Waals surface area (Å²) in [5.74, 6) is 1.29. The number of nitrogens with zero attached hydrogens (tertiary/aromatic N) is 1. The van der Waals surface area contributed by atoms with Crippen molar-refractivity contribution in [2.45, 2.75) is 46.1 Å². The highest BCUT2D eigenvalue weighted by Gasteiger charge is 2.10. The summed E-state index contributed by atoms with van der Waals surface area (Å²) in [5, 5.41) is 0. The van der Waals surface area contributed by atoms with Gasteiger partial charge in [0.2, 0.25) is 5.88 Å². The Morgan fingerprint density at radius 1 is 1.44 bits per heavy atom. The molecule has 102 valence electrons. The summed E-state index contributed by atoms with van der Waals surface area (Å²) >= 11 is 3.39. The van der Waals surface area contributed by atoms with Crippen molar-refractivity contribution in [2.75, 3.05) is 6.61 Å². The van der Waals surface area contributed by atoms with E-state index in [2.05, 4.69) is 34.8 Å². The Labute approximate surface area is 118 Å². The molecule has 0 saturated carbocycles. The van der Waals surface area contributed by atoms with E-state index in [0.717, 1.165) is 23.1 Å². The van der Waals surface area contributed by atoms with Crippen molar-refractivity contribution in [1.29, 1.82) is 0 Å². The van der Waals surface area contributed by atoms with Gasteiger partial charge in [-0.2, -0.15) is 0 Å². The minimum atomic E-state index is 0.452. The summed E-state index contributed by atoms with van der Waals surface area (Å²) in [4.78, 5) is 4.29. The number of ether oxygens (including phenoxy) is 1. The molecule has 1 unspecified atom stereocenters. The fraction of sp³-hybridized carbons (Fsp3) is 0.643. The molecule has 0 spiro atoms. The van der Waals surface area contributed by atoms with Crippen LogP contribution in [0.1, 0.15) is 45.1 Å². The molecule has 1 aromatic heterocycles. The first-order chi connectivity index (χ1) is 8.71. The Morgan fingerprint density at radius 2 is 2.22 bits per heavy atom. The van der Waals surface area contributed by atoms with Crippen molar-refractivity contribution in [3.8, 4) is 5.88 Å². The molecule has 0 amide bonds. The van der Waals surface area contributed by atoms with E-state index < -0.39 is 0 Å². The maximum Gasteiger partial charge on any atom is 0.217 e. The van der Waals surface area contributed by atoms with E-state index >= 15 is 0 Å². The normalized spacial score (nSPS) is 12.4. The summed E-state index contributed by atoms with van der Waals surface area (Å²) in [6, 6.07) is 1.97. The summed E-state index contributed by atoms with van der Waals surface area (Å²) in [7, 11) is 0. The highest BCUT2D eigenvalue weighted by Crippen LogP contribution is 2.21. The van der Waals surface area contributed by atoms with Gasteiger partial charge in [0, 0.05) is 22.8 Å². The first-order valence-corrected chi connectivity index (χ1v) is 7.47. The first-order valence-electron chi connectivity index (χ1n) is 6.68. The van der Waals surface area contributed by atoms with Gasteiger partial charge in [-0.05, 0) is 34.3 Å². The van der Waals surface area contributed by atoms with Crippen LogP contribution < -0.4 is 10.5 Å². The lowest BCUT2D eigenvalue weighted by molar-refractivity contribution is 0.224. The number of pyridine rings is 1. The number of rotatable bonds is 8. The van der Waals surface area contributed by atoms with Crippen LogP contribution in [0.3, 0.4) is 0 Å². The van der Waals surface area contributed by atoms with E-state index in [1.165, 1.54) is 19.3 Å². The summed E-state index contributed by atoms with van der Waals surface area (Å²) in [6.07, 6.45) is 6.62. The predicted molar refractivity (Wildman–Crippen MR) is 78.6 cm³/mol. The third-order valence-electron chi connectivity index (χ3n) is 3.11. The second-order valence-electron chi connectivity index (χ2n) is 4.55. The molecule has 0 aliphatic rings. The number of hydrogen-bond acceptors (Lipinski definition) is 3. The molecule has 0 fully saturated rings. The van der Waals surface area contributed by atoms with Gasteiger partial charge in [0.05, 0.1) is 6.61 Å². The molecule has 4 heteroatoms. The molecule has 0 aliphatic carbocycles. The van der Waals surface area contributed by atoms with E-state index in [1.807, 2.05) is 6.07 Å². The van der Waals surface area contributed by atoms with Crippen molar-refractivity contribution in [2.24, 2.45) is 11.7 Å². The number of halogens is 1. The maximum atomic E-state index is 5.82. The molecule has 3 nitrogen and oxygen atoms in total. The van der Waals surface area contributed by atoms with Crippen molar-refractivity contribution < 1.29 is 4.74 Å². The Morgan fingerprint density at radius 3 is 2.83 bits per heavy atom. The quantitative estimate of drug-likeness (QED) is 0.791. The monoisotopic (exact) mass is 314 g/mol. The highest BCUT2D eigenvalue weighted by atomic mass is 79.9. The van der Waals surface area contributed by atoms with Gasteiger partial charge < -0.3 is 10.5 Å². The van der Waals surface area contributed by atoms with Crippen LogP contribution in [-0.4, -0.2) is 11.6 Å². The Balaban J connectivity index is 2.56. The third kappa shape index (κ3) is 4.94. The molecule has 0 saturated heterocycles. The molecular formula is C14H23BrN2O. The van der Waals surface area contributed by atoms with E-state index in [-0.39, 0.29) is 0 Å². The molecule has 1 rings (SSSR count). The zero-order chi connectivity index (χ0) is 13.4. The van der Waals surface area contributed by atoms with E-state index in [4.69, 9.17) is 10.5 Å². The summed E-state index contributed by atoms with van der Waals surface area (Å²) < 4.78 is 6.76. The lowest BCUT2D eigenvalue weighted by Crippen LogP contribution is -2.13. The van der Waals surface area contributed by atoms with Crippen LogP contribution in [0.2, 0.25) is 0 Å². The SMILES string of the molecule is CCCCC(CC)COc1ncc(Br)cc1CN. The summed E-state index contributed by atoms with van der Waals surface area (Å²) in [5.41, 5.74) is 6.65. The molecule has 0 aliphatic heterocycles. The summed E-state index contributed by atoms with van der Waals surface area (Å²) in [6.45, 7) is 5.62. The number of nitrogens with two attached hydrogens (primary N) is 1. The molecule has 0 radical (unpaired) electrons. The Hall–Kier alpha value is -0.610. The lowest BCUT2D eigenvalue weighted by Gasteiger charge is -2.16. The molecule has 1 heterocycles. The molecule has 18 heavy (non-hydrogen) atoms. The van der Waals surface area contributed by atoms with Gasteiger partial charge in [-0.15, -0.1) is 0 Å². The van der Waals surface area contributed by atoms with Gasteiger partial charge in [0.15, 0.2) is 0 Å². The number of hydrogen-bond donors (Lipinski definition) is 1. The van der Waals surface area contributed by atoms with E-state index in [9.17, 15) is 0 Å². The average Bonchev–Trinajstić information content (AvgIpc) is 2.40. The average molecular weight is 315 g/mol. The van der Waals surface area contributed by atoms with E-state index in [0.29, 0.717) is 18.3 Å².